The quantitative estimate of drug-likeness (QED) is 0.305. The first kappa shape index (κ1) is 24.3. The summed E-state index contributed by atoms with van der Waals surface area (Å²) in [6, 6.07) is 21.2. The van der Waals surface area contributed by atoms with Crippen molar-refractivity contribution in [3.8, 4) is 16.9 Å². The van der Waals surface area contributed by atoms with Crippen molar-refractivity contribution >= 4 is 40.6 Å². The number of aromatic nitrogens is 2. The molecular weight excluding hydrogens is 487 g/mol. The van der Waals surface area contributed by atoms with Gasteiger partial charge in [-0.2, -0.15) is 4.98 Å². The zero-order chi connectivity index (χ0) is 24.8. The van der Waals surface area contributed by atoms with Crippen molar-refractivity contribution in [3.05, 3.63) is 105 Å². The summed E-state index contributed by atoms with van der Waals surface area (Å²) in [6.45, 7) is 0.736. The molecule has 0 spiro atoms. The van der Waals surface area contributed by atoms with E-state index in [1.54, 1.807) is 60.8 Å². The van der Waals surface area contributed by atoms with Crippen molar-refractivity contribution in [1.29, 1.82) is 0 Å². The first-order chi connectivity index (χ1) is 16.9. The molecule has 1 aromatic heterocycles. The van der Waals surface area contributed by atoms with Crippen LogP contribution in [0.1, 0.15) is 16.8 Å². The Kier molecular flexibility index (Phi) is 7.70. The molecule has 4 rings (SSSR count). The third kappa shape index (κ3) is 6.20. The number of aryl methyl sites for hydroxylation is 1. The number of nitrogens with two attached hydrogens (primary N) is 1. The first-order valence-electron chi connectivity index (χ1n) is 10.8. The molecule has 0 aliphatic carbocycles. The summed E-state index contributed by atoms with van der Waals surface area (Å²) in [7, 11) is 0. The van der Waals surface area contributed by atoms with E-state index in [1.165, 1.54) is 4.57 Å². The molecule has 1 heterocycles. The summed E-state index contributed by atoms with van der Waals surface area (Å²) in [5.41, 5.74) is 8.02. The molecule has 178 valence electrons. The van der Waals surface area contributed by atoms with Gasteiger partial charge in [0, 0.05) is 35.6 Å². The number of carbonyl (C=O) groups is 1. The molecule has 0 saturated heterocycles. The molecule has 0 aliphatic heterocycles. The molecule has 0 bridgehead atoms. The van der Waals surface area contributed by atoms with E-state index in [-0.39, 0.29) is 11.7 Å². The average molecular weight is 509 g/mol. The van der Waals surface area contributed by atoms with E-state index in [1.807, 2.05) is 18.2 Å². The lowest BCUT2D eigenvalue weighted by atomic mass is 10.1. The van der Waals surface area contributed by atoms with E-state index in [2.05, 4.69) is 10.3 Å². The number of amides is 1. The third-order valence-electron chi connectivity index (χ3n) is 5.19. The number of rotatable bonds is 8. The predicted octanol–water partition coefficient (Wildman–Crippen LogP) is 5.52. The Bertz CT molecular complexity index is 1410. The Morgan fingerprint density at radius 3 is 2.57 bits per heavy atom. The second-order valence-corrected chi connectivity index (χ2v) is 8.51. The molecule has 1 amide bonds. The fourth-order valence-corrected chi connectivity index (χ4v) is 3.73. The summed E-state index contributed by atoms with van der Waals surface area (Å²) in [5, 5.41) is 3.67. The molecule has 0 fully saturated rings. The van der Waals surface area contributed by atoms with E-state index in [0.29, 0.717) is 57.7 Å². The minimum absolute atomic E-state index is 0.121. The molecule has 0 atom stereocenters. The van der Waals surface area contributed by atoms with Gasteiger partial charge in [0.2, 0.25) is 0 Å². The number of carbonyl (C=O) groups excluding carboxylic acids is 1. The van der Waals surface area contributed by atoms with Crippen LogP contribution in [0.15, 0.2) is 83.8 Å². The van der Waals surface area contributed by atoms with E-state index >= 15 is 0 Å². The van der Waals surface area contributed by atoms with Gasteiger partial charge in [0.05, 0.1) is 16.7 Å². The van der Waals surface area contributed by atoms with Crippen LogP contribution in [0.4, 0.5) is 11.5 Å². The Balaban J connectivity index is 1.37. The van der Waals surface area contributed by atoms with Crippen LogP contribution in [-0.2, 0) is 6.54 Å². The van der Waals surface area contributed by atoms with Crippen LogP contribution in [0, 0.1) is 0 Å². The van der Waals surface area contributed by atoms with Crippen LogP contribution in [0.3, 0.4) is 0 Å². The zero-order valence-electron chi connectivity index (χ0n) is 18.6. The molecule has 3 N–H and O–H groups in total. The molecule has 4 aromatic rings. The first-order valence-corrected chi connectivity index (χ1v) is 11.6. The van der Waals surface area contributed by atoms with Crippen LogP contribution in [0.25, 0.3) is 11.1 Å². The maximum Gasteiger partial charge on any atom is 0.349 e. The van der Waals surface area contributed by atoms with Crippen LogP contribution in [0.5, 0.6) is 5.75 Å². The normalized spacial score (nSPS) is 10.7. The van der Waals surface area contributed by atoms with Gasteiger partial charge >= 0.3 is 5.69 Å². The summed E-state index contributed by atoms with van der Waals surface area (Å²) < 4.78 is 7.30. The second kappa shape index (κ2) is 11.1. The number of anilines is 2. The minimum atomic E-state index is -0.447. The van der Waals surface area contributed by atoms with Crippen LogP contribution >= 0.6 is 23.2 Å². The van der Waals surface area contributed by atoms with Crippen molar-refractivity contribution in [1.82, 2.24) is 9.55 Å². The monoisotopic (exact) mass is 508 g/mol. The Morgan fingerprint density at radius 1 is 1.00 bits per heavy atom. The van der Waals surface area contributed by atoms with Gasteiger partial charge in [-0.25, -0.2) is 4.79 Å². The lowest BCUT2D eigenvalue weighted by Gasteiger charge is -2.12. The molecule has 35 heavy (non-hydrogen) atoms. The van der Waals surface area contributed by atoms with Gasteiger partial charge in [-0.3, -0.25) is 9.36 Å². The van der Waals surface area contributed by atoms with E-state index in [9.17, 15) is 9.59 Å². The van der Waals surface area contributed by atoms with Crippen molar-refractivity contribution < 1.29 is 9.53 Å². The topological polar surface area (TPSA) is 99.2 Å². The molecule has 0 saturated carbocycles. The number of nitrogens with zero attached hydrogens (tertiary/aromatic N) is 2. The Labute approximate surface area is 212 Å². The fraction of sp³-hybridized carbons (Fsp3) is 0.115. The van der Waals surface area contributed by atoms with E-state index in [4.69, 9.17) is 33.7 Å². The molecule has 0 radical (unpaired) electrons. The van der Waals surface area contributed by atoms with Crippen LogP contribution < -0.4 is 21.5 Å². The zero-order valence-corrected chi connectivity index (χ0v) is 20.1. The largest absolute Gasteiger partial charge is 0.493 e. The highest BCUT2D eigenvalue weighted by molar-refractivity contribution is 6.42. The highest BCUT2D eigenvalue weighted by atomic mass is 35.5. The van der Waals surface area contributed by atoms with Gasteiger partial charge in [-0.15, -0.1) is 0 Å². The summed E-state index contributed by atoms with van der Waals surface area (Å²) in [4.78, 5) is 28.6. The smallest absolute Gasteiger partial charge is 0.349 e. The number of nitrogen functional groups attached to an aromatic ring is 1. The minimum Gasteiger partial charge on any atom is -0.493 e. The van der Waals surface area contributed by atoms with Gasteiger partial charge in [0.15, 0.2) is 0 Å². The molecule has 7 nitrogen and oxygen atoms in total. The highest BCUT2D eigenvalue weighted by Gasteiger charge is 2.11. The second-order valence-electron chi connectivity index (χ2n) is 7.69. The van der Waals surface area contributed by atoms with E-state index < -0.39 is 5.69 Å². The van der Waals surface area contributed by atoms with Crippen molar-refractivity contribution in [2.75, 3.05) is 17.7 Å². The predicted molar refractivity (Wildman–Crippen MR) is 139 cm³/mol. The lowest BCUT2D eigenvalue weighted by molar-refractivity contribution is 0.102. The number of hydrogen-bond donors (Lipinski definition) is 2. The van der Waals surface area contributed by atoms with Gasteiger partial charge in [0.25, 0.3) is 5.91 Å². The highest BCUT2D eigenvalue weighted by Crippen LogP contribution is 2.30. The molecule has 0 unspecified atom stereocenters. The summed E-state index contributed by atoms with van der Waals surface area (Å²) in [6.07, 6.45) is 2.21. The van der Waals surface area contributed by atoms with E-state index in [0.717, 1.165) is 0 Å². The van der Waals surface area contributed by atoms with Crippen molar-refractivity contribution in [2.45, 2.75) is 13.0 Å². The Morgan fingerprint density at radius 2 is 1.80 bits per heavy atom. The van der Waals surface area contributed by atoms with Crippen LogP contribution in [-0.4, -0.2) is 22.1 Å². The number of hydrogen-bond acceptors (Lipinski definition) is 5. The molecular formula is C26H22Cl2N4O3. The maximum atomic E-state index is 12.4. The number of halogens is 2. The molecule has 0 aliphatic rings. The van der Waals surface area contributed by atoms with Crippen molar-refractivity contribution in [2.24, 2.45) is 0 Å². The third-order valence-corrected chi connectivity index (χ3v) is 5.93. The fourth-order valence-electron chi connectivity index (χ4n) is 3.43. The molecule has 9 heteroatoms. The number of nitrogens with one attached hydrogen (secondary N) is 1. The van der Waals surface area contributed by atoms with Crippen LogP contribution in [0.2, 0.25) is 10.0 Å². The Hall–Kier alpha value is -3.81. The number of ether oxygens (including phenoxy) is 1. The average Bonchev–Trinajstić information content (AvgIpc) is 2.85. The number of benzene rings is 3. The lowest BCUT2D eigenvalue weighted by Crippen LogP contribution is -2.25. The van der Waals surface area contributed by atoms with Gasteiger partial charge in [0.1, 0.15) is 11.6 Å². The standard InChI is InChI=1S/C26H22Cl2N4O3/c27-22-11-10-18(14-23(22)28)21-16-32(26(34)31-24(21)29)12-5-13-35-20-9-4-8-19(15-20)30-25(33)17-6-2-1-3-7-17/h1-4,6-11,14-16H,5,12-13H2,(H,30,33)(H2,29,31,34). The van der Waals surface area contributed by atoms with Gasteiger partial charge in [-0.05, 0) is 48.4 Å². The van der Waals surface area contributed by atoms with Gasteiger partial charge in [-0.1, -0.05) is 53.5 Å². The van der Waals surface area contributed by atoms with Crippen molar-refractivity contribution in [3.63, 3.8) is 0 Å². The summed E-state index contributed by atoms with van der Waals surface area (Å²) in [5.74, 6) is 0.529. The summed E-state index contributed by atoms with van der Waals surface area (Å²) >= 11 is 12.1. The van der Waals surface area contributed by atoms with Gasteiger partial charge < -0.3 is 15.8 Å². The maximum absolute atomic E-state index is 12.4. The SMILES string of the molecule is Nc1nc(=O)n(CCCOc2cccc(NC(=O)c3ccccc3)c2)cc1-c1ccc(Cl)c(Cl)c1. The molecule has 3 aromatic carbocycles.